The Balaban J connectivity index is 1.96. The molecule has 3 rings (SSSR count). The number of fused-ring (bicyclic) bond motifs is 1. The molecule has 0 spiro atoms. The predicted molar refractivity (Wildman–Crippen MR) is 80.9 cm³/mol. The van der Waals surface area contributed by atoms with Crippen molar-refractivity contribution in [3.63, 3.8) is 0 Å². The summed E-state index contributed by atoms with van der Waals surface area (Å²) in [6.07, 6.45) is 2.40. The highest BCUT2D eigenvalue weighted by molar-refractivity contribution is 7.12. The van der Waals surface area contributed by atoms with E-state index in [0.29, 0.717) is 12.0 Å². The van der Waals surface area contributed by atoms with Crippen molar-refractivity contribution < 1.29 is 0 Å². The number of nitrogens with zero attached hydrogens (tertiary/aromatic N) is 1. The molecule has 1 aliphatic carbocycles. The largest absolute Gasteiger partial charge is 0.312 e. The molecule has 1 aromatic heterocycles. The van der Waals surface area contributed by atoms with Gasteiger partial charge in [-0.15, -0.1) is 11.3 Å². The number of aryl methyl sites for hydroxylation is 2. The summed E-state index contributed by atoms with van der Waals surface area (Å²) in [5, 5.41) is 4.61. The summed E-state index contributed by atoms with van der Waals surface area (Å²) in [5.74, 6) is 0.512. The van der Waals surface area contributed by atoms with E-state index in [1.807, 2.05) is 18.4 Å². The van der Waals surface area contributed by atoms with Gasteiger partial charge in [-0.3, -0.25) is 0 Å². The van der Waals surface area contributed by atoms with Gasteiger partial charge in [0.25, 0.3) is 0 Å². The molecule has 100 valence electrons. The number of rotatable bonds is 3. The lowest BCUT2D eigenvalue weighted by Crippen LogP contribution is -2.11. The number of hydrogen-bond donors (Lipinski definition) is 1. The number of nitrogens with one attached hydrogen (secondary N) is 1. The summed E-state index contributed by atoms with van der Waals surface area (Å²) in [7, 11) is 2.01. The summed E-state index contributed by atoms with van der Waals surface area (Å²) in [6, 6.07) is 9.21. The van der Waals surface area contributed by atoms with Crippen LogP contribution in [-0.2, 0) is 6.42 Å². The lowest BCUT2D eigenvalue weighted by molar-refractivity contribution is 0.658. The van der Waals surface area contributed by atoms with E-state index in [2.05, 4.69) is 43.4 Å². The highest BCUT2D eigenvalue weighted by atomic mass is 32.1. The van der Waals surface area contributed by atoms with Crippen LogP contribution in [0.1, 0.15) is 52.0 Å². The Bertz CT molecular complexity index is 588. The van der Waals surface area contributed by atoms with Crippen LogP contribution < -0.4 is 5.32 Å². The van der Waals surface area contributed by atoms with Crippen molar-refractivity contribution >= 4 is 11.3 Å². The van der Waals surface area contributed by atoms with Crippen LogP contribution in [-0.4, -0.2) is 12.0 Å². The Morgan fingerprint density at radius 3 is 2.95 bits per heavy atom. The molecule has 2 atom stereocenters. The summed E-state index contributed by atoms with van der Waals surface area (Å²) in [6.45, 7) is 4.33. The number of thiazole rings is 1. The molecule has 0 saturated heterocycles. The smallest absolute Gasteiger partial charge is 0.101 e. The minimum atomic E-state index is 0.392. The first-order valence-corrected chi connectivity index (χ1v) is 7.74. The van der Waals surface area contributed by atoms with E-state index in [-0.39, 0.29) is 0 Å². The van der Waals surface area contributed by atoms with E-state index in [1.54, 1.807) is 0 Å². The fourth-order valence-electron chi connectivity index (χ4n) is 2.93. The minimum Gasteiger partial charge on any atom is -0.312 e. The van der Waals surface area contributed by atoms with Gasteiger partial charge in [0.2, 0.25) is 0 Å². The van der Waals surface area contributed by atoms with Crippen molar-refractivity contribution in [2.75, 3.05) is 7.05 Å². The fourth-order valence-corrected chi connectivity index (χ4v) is 4.21. The predicted octanol–water partition coefficient (Wildman–Crippen LogP) is 3.81. The van der Waals surface area contributed by atoms with Gasteiger partial charge in [0.05, 0.1) is 5.69 Å². The zero-order chi connectivity index (χ0) is 13.4. The molecule has 0 amide bonds. The van der Waals surface area contributed by atoms with Gasteiger partial charge in [0.1, 0.15) is 5.01 Å². The van der Waals surface area contributed by atoms with E-state index in [9.17, 15) is 0 Å². The maximum atomic E-state index is 4.84. The molecule has 2 unspecified atom stereocenters. The Morgan fingerprint density at radius 2 is 2.16 bits per heavy atom. The SMILES string of the molecule is CNC(C)c1sc(C2CCc3ccccc32)nc1C. The van der Waals surface area contributed by atoms with Crippen molar-refractivity contribution in [3.8, 4) is 0 Å². The zero-order valence-electron chi connectivity index (χ0n) is 11.7. The molecule has 0 radical (unpaired) electrons. The third-order valence-corrected chi connectivity index (χ3v) is 5.56. The second-order valence-electron chi connectivity index (χ2n) is 5.30. The molecule has 0 aliphatic heterocycles. The van der Waals surface area contributed by atoms with Crippen LogP contribution in [0.5, 0.6) is 0 Å². The molecule has 19 heavy (non-hydrogen) atoms. The number of benzene rings is 1. The van der Waals surface area contributed by atoms with Crippen molar-refractivity contribution in [1.82, 2.24) is 10.3 Å². The van der Waals surface area contributed by atoms with E-state index in [4.69, 9.17) is 4.98 Å². The van der Waals surface area contributed by atoms with Gasteiger partial charge in [-0.05, 0) is 44.9 Å². The van der Waals surface area contributed by atoms with E-state index < -0.39 is 0 Å². The molecular formula is C16H20N2S. The summed E-state index contributed by atoms with van der Waals surface area (Å²) >= 11 is 1.88. The van der Waals surface area contributed by atoms with Crippen LogP contribution in [0.25, 0.3) is 0 Å². The third kappa shape index (κ3) is 2.21. The first-order valence-electron chi connectivity index (χ1n) is 6.93. The van der Waals surface area contributed by atoms with Crippen LogP contribution in [0, 0.1) is 6.92 Å². The quantitative estimate of drug-likeness (QED) is 0.919. The number of hydrogen-bond acceptors (Lipinski definition) is 3. The molecule has 0 bridgehead atoms. The third-order valence-electron chi connectivity index (χ3n) is 4.11. The normalized spacial score (nSPS) is 19.4. The van der Waals surface area contributed by atoms with Crippen molar-refractivity contribution in [2.24, 2.45) is 0 Å². The fraction of sp³-hybridized carbons (Fsp3) is 0.438. The van der Waals surface area contributed by atoms with E-state index in [0.717, 1.165) is 0 Å². The average Bonchev–Trinajstić information content (AvgIpc) is 3.01. The summed E-state index contributed by atoms with van der Waals surface area (Å²) < 4.78 is 0. The topological polar surface area (TPSA) is 24.9 Å². The van der Waals surface area contributed by atoms with E-state index in [1.165, 1.54) is 39.5 Å². The highest BCUT2D eigenvalue weighted by Crippen LogP contribution is 2.41. The Kier molecular flexibility index (Phi) is 3.42. The highest BCUT2D eigenvalue weighted by Gasteiger charge is 2.27. The van der Waals surface area contributed by atoms with Gasteiger partial charge >= 0.3 is 0 Å². The van der Waals surface area contributed by atoms with Gasteiger partial charge < -0.3 is 5.32 Å². The van der Waals surface area contributed by atoms with Crippen molar-refractivity contribution in [2.45, 2.75) is 38.6 Å². The first-order chi connectivity index (χ1) is 9.20. The lowest BCUT2D eigenvalue weighted by atomic mass is 10.0. The Labute approximate surface area is 118 Å². The number of aromatic nitrogens is 1. The van der Waals surface area contributed by atoms with Gasteiger partial charge in [-0.2, -0.15) is 0 Å². The second kappa shape index (κ2) is 5.06. The van der Waals surface area contributed by atoms with E-state index >= 15 is 0 Å². The maximum absolute atomic E-state index is 4.84. The lowest BCUT2D eigenvalue weighted by Gasteiger charge is -2.08. The minimum absolute atomic E-state index is 0.392. The molecule has 0 fully saturated rings. The second-order valence-corrected chi connectivity index (χ2v) is 6.36. The molecule has 1 N–H and O–H groups in total. The van der Waals surface area contributed by atoms with Gasteiger partial charge in [-0.1, -0.05) is 24.3 Å². The summed E-state index contributed by atoms with van der Waals surface area (Å²) in [4.78, 5) is 6.22. The Hall–Kier alpha value is -1.19. The molecule has 2 nitrogen and oxygen atoms in total. The van der Waals surface area contributed by atoms with Crippen LogP contribution in [0.3, 0.4) is 0 Å². The van der Waals surface area contributed by atoms with Gasteiger partial charge in [0, 0.05) is 16.8 Å². The molecule has 1 heterocycles. The van der Waals surface area contributed by atoms with Crippen LogP contribution in [0.15, 0.2) is 24.3 Å². The maximum Gasteiger partial charge on any atom is 0.101 e. The Morgan fingerprint density at radius 1 is 1.37 bits per heavy atom. The molecule has 1 aromatic carbocycles. The summed E-state index contributed by atoms with van der Waals surface area (Å²) in [5.41, 5.74) is 4.18. The van der Waals surface area contributed by atoms with Gasteiger partial charge in [-0.25, -0.2) is 4.98 Å². The monoisotopic (exact) mass is 272 g/mol. The molecule has 0 saturated carbocycles. The molecule has 3 heteroatoms. The van der Waals surface area contributed by atoms with Gasteiger partial charge in [0.15, 0.2) is 0 Å². The first kappa shape index (κ1) is 12.8. The molecule has 1 aliphatic rings. The van der Waals surface area contributed by atoms with Crippen LogP contribution in [0.4, 0.5) is 0 Å². The molecule has 2 aromatic rings. The van der Waals surface area contributed by atoms with Crippen molar-refractivity contribution in [3.05, 3.63) is 51.0 Å². The van der Waals surface area contributed by atoms with Crippen LogP contribution in [0.2, 0.25) is 0 Å². The van der Waals surface area contributed by atoms with Crippen molar-refractivity contribution in [1.29, 1.82) is 0 Å². The van der Waals surface area contributed by atoms with Crippen LogP contribution >= 0.6 is 11.3 Å². The average molecular weight is 272 g/mol. The zero-order valence-corrected chi connectivity index (χ0v) is 12.6. The molecular weight excluding hydrogens is 252 g/mol. The standard InChI is InChI=1S/C16H20N2S/c1-10(17-3)15-11(2)18-16(19-15)14-9-8-12-6-4-5-7-13(12)14/h4-7,10,14,17H,8-9H2,1-3H3.